The molecule has 12 rings (SSSR count). The van der Waals surface area contributed by atoms with Crippen molar-refractivity contribution in [3.8, 4) is 78.7 Å². The van der Waals surface area contributed by atoms with E-state index in [1.54, 1.807) is 0 Å². The van der Waals surface area contributed by atoms with Crippen molar-refractivity contribution < 1.29 is 0 Å². The molecule has 0 spiro atoms. The molecule has 0 saturated carbocycles. The molecule has 1 aromatic heterocycles. The van der Waals surface area contributed by atoms with Crippen LogP contribution in [0.3, 0.4) is 0 Å². The van der Waals surface area contributed by atoms with Gasteiger partial charge in [-0.2, -0.15) is 0 Å². The van der Waals surface area contributed by atoms with Crippen LogP contribution in [0.15, 0.2) is 224 Å². The summed E-state index contributed by atoms with van der Waals surface area (Å²) in [6, 6.07) is 71.7. The van der Waals surface area contributed by atoms with Crippen molar-refractivity contribution in [2.45, 2.75) is 25.2 Å². The Morgan fingerprint density at radius 3 is 1.49 bits per heavy atom. The molecular weight excluding hydrogens is 787 g/mol. The van der Waals surface area contributed by atoms with Crippen LogP contribution in [0.5, 0.6) is 0 Å². The minimum absolute atomic E-state index is 0.0278. The van der Waals surface area contributed by atoms with E-state index in [-0.39, 0.29) is 5.41 Å². The second-order valence-corrected chi connectivity index (χ2v) is 18.0. The van der Waals surface area contributed by atoms with Gasteiger partial charge in [0.05, 0.1) is 0 Å². The third kappa shape index (κ3) is 6.71. The van der Waals surface area contributed by atoms with Crippen molar-refractivity contribution in [3.05, 3.63) is 236 Å². The van der Waals surface area contributed by atoms with Crippen molar-refractivity contribution in [1.29, 1.82) is 0 Å². The molecule has 308 valence electrons. The Labute approximate surface area is 380 Å². The fourth-order valence-electron chi connectivity index (χ4n) is 10.6. The Hall–Kier alpha value is -8.01. The number of hydrogen-bond donors (Lipinski definition) is 0. The highest BCUT2D eigenvalue weighted by Gasteiger charge is 2.45. The zero-order chi connectivity index (χ0) is 43.5. The van der Waals surface area contributed by atoms with E-state index in [1.165, 1.54) is 55.1 Å². The van der Waals surface area contributed by atoms with Gasteiger partial charge < -0.3 is 0 Å². The Kier molecular flexibility index (Phi) is 9.31. The van der Waals surface area contributed by atoms with Crippen molar-refractivity contribution in [2.24, 2.45) is 5.92 Å². The van der Waals surface area contributed by atoms with Gasteiger partial charge in [-0.1, -0.05) is 232 Å². The highest BCUT2D eigenvalue weighted by molar-refractivity contribution is 6.05. The molecule has 3 heteroatoms. The van der Waals surface area contributed by atoms with E-state index < -0.39 is 0 Å². The van der Waals surface area contributed by atoms with Crippen LogP contribution in [0.4, 0.5) is 0 Å². The monoisotopic (exact) mass is 831 g/mol. The first-order valence-corrected chi connectivity index (χ1v) is 22.6. The van der Waals surface area contributed by atoms with Crippen LogP contribution in [0.25, 0.3) is 100 Å². The van der Waals surface area contributed by atoms with Gasteiger partial charge in [0.15, 0.2) is 17.5 Å². The molecule has 2 atom stereocenters. The van der Waals surface area contributed by atoms with Gasteiger partial charge in [0.1, 0.15) is 0 Å². The van der Waals surface area contributed by atoms with Crippen LogP contribution in [0.2, 0.25) is 0 Å². The molecule has 2 unspecified atom stereocenters. The Morgan fingerprint density at radius 1 is 0.338 bits per heavy atom. The molecule has 65 heavy (non-hydrogen) atoms. The SMILES string of the molecule is CC1(C)c2c(-c3ccc(-c4nc(-c5ccc(-c6ccc(-c7ccccc7)cc6)cc5)nc(-c5ccc(-c6cccc7ccccc67)cc5)n4)c4ccccc34)cccc2C2C=CC=CC21. The van der Waals surface area contributed by atoms with E-state index in [0.717, 1.165) is 38.8 Å². The summed E-state index contributed by atoms with van der Waals surface area (Å²) in [6.45, 7) is 4.83. The lowest BCUT2D eigenvalue weighted by Crippen LogP contribution is -2.25. The summed E-state index contributed by atoms with van der Waals surface area (Å²) in [5.74, 6) is 2.72. The molecular formula is C62H45N3. The van der Waals surface area contributed by atoms with Crippen molar-refractivity contribution >= 4 is 21.5 Å². The van der Waals surface area contributed by atoms with E-state index in [1.807, 2.05) is 0 Å². The third-order valence-corrected chi connectivity index (χ3v) is 13.9. The second kappa shape index (κ2) is 15.7. The normalized spacial score (nSPS) is 15.8. The summed E-state index contributed by atoms with van der Waals surface area (Å²) < 4.78 is 0. The Balaban J connectivity index is 0.971. The van der Waals surface area contributed by atoms with Crippen LogP contribution in [-0.2, 0) is 5.41 Å². The smallest absolute Gasteiger partial charge is 0.164 e. The minimum Gasteiger partial charge on any atom is -0.208 e. The fraction of sp³-hybridized carbons (Fsp3) is 0.0806. The van der Waals surface area contributed by atoms with Crippen molar-refractivity contribution in [1.82, 2.24) is 15.0 Å². The summed E-state index contributed by atoms with van der Waals surface area (Å²) in [6.07, 6.45) is 9.21. The van der Waals surface area contributed by atoms with Crippen LogP contribution < -0.4 is 0 Å². The molecule has 0 bridgehead atoms. The van der Waals surface area contributed by atoms with Crippen LogP contribution >= 0.6 is 0 Å². The van der Waals surface area contributed by atoms with Crippen LogP contribution in [-0.4, -0.2) is 15.0 Å². The van der Waals surface area contributed by atoms with Gasteiger partial charge in [-0.15, -0.1) is 0 Å². The summed E-state index contributed by atoms with van der Waals surface area (Å²) in [5.41, 5.74) is 15.3. The number of allylic oxidation sites excluding steroid dienone is 4. The highest BCUT2D eigenvalue weighted by atomic mass is 15.0. The molecule has 0 radical (unpaired) electrons. The Morgan fingerprint density at radius 2 is 0.815 bits per heavy atom. The van der Waals surface area contributed by atoms with Gasteiger partial charge >= 0.3 is 0 Å². The molecule has 0 aliphatic heterocycles. The molecule has 0 fully saturated rings. The average molecular weight is 832 g/mol. The van der Waals surface area contributed by atoms with E-state index in [2.05, 4.69) is 238 Å². The predicted molar refractivity (Wildman–Crippen MR) is 270 cm³/mol. The first kappa shape index (κ1) is 38.6. The minimum atomic E-state index is -0.0278. The predicted octanol–water partition coefficient (Wildman–Crippen LogP) is 16.0. The summed E-state index contributed by atoms with van der Waals surface area (Å²) in [4.78, 5) is 15.8. The number of hydrogen-bond acceptors (Lipinski definition) is 3. The van der Waals surface area contributed by atoms with Gasteiger partial charge in [-0.05, 0) is 94.6 Å². The molecule has 3 nitrogen and oxygen atoms in total. The first-order valence-electron chi connectivity index (χ1n) is 22.6. The number of nitrogens with zero attached hydrogens (tertiary/aromatic N) is 3. The maximum Gasteiger partial charge on any atom is 0.164 e. The highest BCUT2D eigenvalue weighted by Crippen LogP contribution is 2.56. The zero-order valence-corrected chi connectivity index (χ0v) is 36.4. The van der Waals surface area contributed by atoms with E-state index in [4.69, 9.17) is 15.0 Å². The molecule has 2 aliphatic rings. The Bertz CT molecular complexity index is 3480. The van der Waals surface area contributed by atoms with Gasteiger partial charge in [-0.25, -0.2) is 15.0 Å². The lowest BCUT2D eigenvalue weighted by Gasteiger charge is -2.30. The number of rotatable bonds is 7. The maximum atomic E-state index is 5.30. The average Bonchev–Trinajstić information content (AvgIpc) is 3.62. The molecule has 1 heterocycles. The van der Waals surface area contributed by atoms with Crippen molar-refractivity contribution in [3.63, 3.8) is 0 Å². The van der Waals surface area contributed by atoms with Crippen LogP contribution in [0.1, 0.15) is 30.9 Å². The molecule has 0 amide bonds. The lowest BCUT2D eigenvalue weighted by molar-refractivity contribution is 0.395. The lowest BCUT2D eigenvalue weighted by atomic mass is 9.73. The quantitative estimate of drug-likeness (QED) is 0.161. The molecule has 0 saturated heterocycles. The zero-order valence-electron chi connectivity index (χ0n) is 36.4. The second-order valence-electron chi connectivity index (χ2n) is 18.0. The third-order valence-electron chi connectivity index (χ3n) is 13.9. The standard InChI is InChI=1S/C62H45N3/c1-62(2)57-25-11-10-21-53(57)55-24-13-23-54(58(55)62)52-38-39-56(51-20-9-8-19-50(51)52)61-64-59(46-34-30-43(31-35-46)42-28-26-41(27-29-42)40-14-4-3-5-15-40)63-60(65-61)47-36-32-45(33-37-47)49-22-12-17-44-16-6-7-18-48(44)49/h3-39,53,57H,1-2H3. The van der Waals surface area contributed by atoms with E-state index in [9.17, 15) is 0 Å². The van der Waals surface area contributed by atoms with E-state index in [0.29, 0.717) is 29.3 Å². The number of fused-ring (bicyclic) bond motifs is 5. The summed E-state index contributed by atoms with van der Waals surface area (Å²) in [7, 11) is 0. The van der Waals surface area contributed by atoms with Gasteiger partial charge in [0.2, 0.25) is 0 Å². The van der Waals surface area contributed by atoms with Gasteiger partial charge in [-0.3, -0.25) is 0 Å². The van der Waals surface area contributed by atoms with Crippen LogP contribution in [0, 0.1) is 5.92 Å². The molecule has 0 N–H and O–H groups in total. The fourth-order valence-corrected chi connectivity index (χ4v) is 10.6. The number of benzene rings is 9. The van der Waals surface area contributed by atoms with Gasteiger partial charge in [0, 0.05) is 22.6 Å². The van der Waals surface area contributed by atoms with Crippen molar-refractivity contribution in [2.75, 3.05) is 0 Å². The first-order chi connectivity index (χ1) is 32.0. The molecule has 9 aromatic carbocycles. The molecule has 10 aromatic rings. The topological polar surface area (TPSA) is 38.7 Å². The van der Waals surface area contributed by atoms with E-state index >= 15 is 0 Å². The number of aromatic nitrogens is 3. The summed E-state index contributed by atoms with van der Waals surface area (Å²) in [5, 5.41) is 4.75. The summed E-state index contributed by atoms with van der Waals surface area (Å²) >= 11 is 0. The molecule has 2 aliphatic carbocycles. The van der Waals surface area contributed by atoms with Gasteiger partial charge in [0.25, 0.3) is 0 Å². The largest absolute Gasteiger partial charge is 0.208 e. The maximum absolute atomic E-state index is 5.30.